The number of allylic oxidation sites excluding steroid dienone is 2. The minimum absolute atomic E-state index is 0. The maximum Gasteiger partial charge on any atom is 1.00 e. The quantitative estimate of drug-likeness (QED) is 0.282. The largest absolute Gasteiger partial charge is 1.00 e. The first-order valence-corrected chi connectivity index (χ1v) is 2.46. The molecule has 0 fully saturated rings. The minimum Gasteiger partial charge on any atom is -0.497 e. The van der Waals surface area contributed by atoms with Crippen LogP contribution in [0, 0.1) is 6.08 Å². The molecule has 0 aromatic rings. The van der Waals surface area contributed by atoms with Crippen molar-refractivity contribution in [3.8, 4) is 0 Å². The first-order valence-electron chi connectivity index (χ1n) is 2.46. The van der Waals surface area contributed by atoms with E-state index in [0.717, 1.165) is 0 Å². The summed E-state index contributed by atoms with van der Waals surface area (Å²) >= 11 is 0. The molecule has 0 saturated carbocycles. The molecular formula is C6H9K. The van der Waals surface area contributed by atoms with Crippen LogP contribution in [-0.2, 0) is 0 Å². The molecule has 0 saturated heterocycles. The van der Waals surface area contributed by atoms with Crippen molar-refractivity contribution in [2.24, 2.45) is 0 Å². The van der Waals surface area contributed by atoms with Crippen LogP contribution in [0.5, 0.6) is 0 Å². The fraction of sp³-hybridized carbons (Fsp3) is 0.667. The van der Waals surface area contributed by atoms with Gasteiger partial charge in [0.2, 0.25) is 0 Å². The SMILES string of the molecule is CC1=[C-]CCC1.[K+]. The summed E-state index contributed by atoms with van der Waals surface area (Å²) in [6, 6.07) is 0. The van der Waals surface area contributed by atoms with E-state index < -0.39 is 0 Å². The average molecular weight is 120 g/mol. The molecule has 0 aromatic carbocycles. The van der Waals surface area contributed by atoms with Crippen LogP contribution in [0.1, 0.15) is 26.2 Å². The second-order valence-corrected chi connectivity index (χ2v) is 1.81. The van der Waals surface area contributed by atoms with Crippen LogP contribution in [0.25, 0.3) is 0 Å². The first kappa shape index (κ1) is 8.38. The Balaban J connectivity index is 0.000000360. The van der Waals surface area contributed by atoms with Crippen molar-refractivity contribution in [2.45, 2.75) is 26.2 Å². The van der Waals surface area contributed by atoms with Gasteiger partial charge in [-0.25, -0.2) is 0 Å². The summed E-state index contributed by atoms with van der Waals surface area (Å²) in [6.45, 7) is 2.15. The maximum absolute atomic E-state index is 3.24. The zero-order valence-corrected chi connectivity index (χ0v) is 8.24. The third kappa shape index (κ3) is 3.04. The summed E-state index contributed by atoms with van der Waals surface area (Å²) < 4.78 is 0. The van der Waals surface area contributed by atoms with Crippen LogP contribution in [0.3, 0.4) is 0 Å². The predicted octanol–water partition coefficient (Wildman–Crippen LogP) is -1.08. The summed E-state index contributed by atoms with van der Waals surface area (Å²) in [4.78, 5) is 0. The first-order chi connectivity index (χ1) is 2.89. The molecule has 0 atom stereocenters. The summed E-state index contributed by atoms with van der Waals surface area (Å²) in [5.41, 5.74) is 1.45. The van der Waals surface area contributed by atoms with Crippen LogP contribution < -0.4 is 51.4 Å². The topological polar surface area (TPSA) is 0 Å². The maximum atomic E-state index is 3.24. The molecule has 0 aliphatic heterocycles. The molecule has 0 radical (unpaired) electrons. The van der Waals surface area contributed by atoms with E-state index in [9.17, 15) is 0 Å². The van der Waals surface area contributed by atoms with Gasteiger partial charge in [-0.05, 0) is 0 Å². The van der Waals surface area contributed by atoms with Crippen molar-refractivity contribution in [3.05, 3.63) is 11.6 Å². The van der Waals surface area contributed by atoms with Crippen LogP contribution >= 0.6 is 0 Å². The molecule has 1 rings (SSSR count). The van der Waals surface area contributed by atoms with Gasteiger partial charge < -0.3 is 6.08 Å². The molecule has 0 bridgehead atoms. The van der Waals surface area contributed by atoms with Gasteiger partial charge in [-0.1, -0.05) is 19.8 Å². The average Bonchev–Trinajstić information content (AvgIpc) is 1.86. The van der Waals surface area contributed by atoms with E-state index in [1.54, 1.807) is 0 Å². The molecule has 0 N–H and O–H groups in total. The van der Waals surface area contributed by atoms with Crippen molar-refractivity contribution in [2.75, 3.05) is 0 Å². The van der Waals surface area contributed by atoms with E-state index in [4.69, 9.17) is 0 Å². The zero-order valence-electron chi connectivity index (χ0n) is 5.12. The fourth-order valence-corrected chi connectivity index (χ4v) is 0.744. The molecule has 0 heterocycles. The Labute approximate surface area is 87.8 Å². The summed E-state index contributed by atoms with van der Waals surface area (Å²) in [6.07, 6.45) is 7.07. The summed E-state index contributed by atoms with van der Waals surface area (Å²) in [7, 11) is 0. The molecule has 1 heteroatoms. The minimum atomic E-state index is 0. The predicted molar refractivity (Wildman–Crippen MR) is 26.3 cm³/mol. The van der Waals surface area contributed by atoms with Gasteiger partial charge in [-0.3, -0.25) is 5.57 Å². The molecule has 0 nitrogen and oxygen atoms in total. The van der Waals surface area contributed by atoms with E-state index in [1.807, 2.05) is 0 Å². The zero-order chi connectivity index (χ0) is 4.41. The third-order valence-electron chi connectivity index (χ3n) is 1.16. The number of rotatable bonds is 0. The molecule has 0 spiro atoms. The van der Waals surface area contributed by atoms with E-state index in [2.05, 4.69) is 13.0 Å². The van der Waals surface area contributed by atoms with Gasteiger partial charge >= 0.3 is 51.4 Å². The Morgan fingerprint density at radius 1 is 1.57 bits per heavy atom. The normalized spacial score (nSPS) is 18.1. The number of hydrogen-bond donors (Lipinski definition) is 0. The smallest absolute Gasteiger partial charge is 0.497 e. The Morgan fingerprint density at radius 3 is 2.43 bits per heavy atom. The fourth-order valence-electron chi connectivity index (χ4n) is 0.744. The Hall–Kier alpha value is 1.38. The van der Waals surface area contributed by atoms with E-state index in [-0.39, 0.29) is 51.4 Å². The van der Waals surface area contributed by atoms with Crippen LogP contribution in [0.15, 0.2) is 5.57 Å². The molecule has 0 aromatic heterocycles. The van der Waals surface area contributed by atoms with Crippen LogP contribution in [0.4, 0.5) is 0 Å². The molecular weight excluding hydrogens is 111 g/mol. The van der Waals surface area contributed by atoms with Gasteiger partial charge in [-0.15, -0.1) is 0 Å². The molecule has 7 heavy (non-hydrogen) atoms. The summed E-state index contributed by atoms with van der Waals surface area (Å²) in [5, 5.41) is 0. The molecule has 0 amide bonds. The molecule has 34 valence electrons. The van der Waals surface area contributed by atoms with Gasteiger partial charge in [0, 0.05) is 0 Å². The monoisotopic (exact) mass is 120 g/mol. The standard InChI is InChI=1S/C6H9.K/c1-6-4-2-3-5-6;/h2-4H2,1H3;/q-1;+1. The van der Waals surface area contributed by atoms with Crippen molar-refractivity contribution in [1.82, 2.24) is 0 Å². The van der Waals surface area contributed by atoms with Gasteiger partial charge in [0.05, 0.1) is 0 Å². The van der Waals surface area contributed by atoms with Gasteiger partial charge in [0.1, 0.15) is 0 Å². The van der Waals surface area contributed by atoms with Crippen molar-refractivity contribution in [3.63, 3.8) is 0 Å². The second kappa shape index (κ2) is 4.27. The van der Waals surface area contributed by atoms with E-state index in [1.165, 1.54) is 24.8 Å². The van der Waals surface area contributed by atoms with Gasteiger partial charge in [0.25, 0.3) is 0 Å². The van der Waals surface area contributed by atoms with Crippen molar-refractivity contribution < 1.29 is 51.4 Å². The molecule has 1 aliphatic rings. The van der Waals surface area contributed by atoms with Crippen LogP contribution in [-0.4, -0.2) is 0 Å². The van der Waals surface area contributed by atoms with Crippen LogP contribution in [0.2, 0.25) is 0 Å². The Morgan fingerprint density at radius 2 is 2.29 bits per heavy atom. The summed E-state index contributed by atoms with van der Waals surface area (Å²) in [5.74, 6) is 0. The number of hydrogen-bond acceptors (Lipinski definition) is 0. The molecule has 0 unspecified atom stereocenters. The van der Waals surface area contributed by atoms with Crippen molar-refractivity contribution >= 4 is 0 Å². The third-order valence-corrected chi connectivity index (χ3v) is 1.16. The molecule has 1 aliphatic carbocycles. The second-order valence-electron chi connectivity index (χ2n) is 1.81. The van der Waals surface area contributed by atoms with E-state index >= 15 is 0 Å². The Bertz CT molecular complexity index is 74.2. The van der Waals surface area contributed by atoms with Crippen molar-refractivity contribution in [1.29, 1.82) is 0 Å². The van der Waals surface area contributed by atoms with Gasteiger partial charge in [0.15, 0.2) is 0 Å². The van der Waals surface area contributed by atoms with Gasteiger partial charge in [-0.2, -0.15) is 6.42 Å². The Kier molecular flexibility index (Phi) is 5.11. The van der Waals surface area contributed by atoms with E-state index in [0.29, 0.717) is 0 Å².